The van der Waals surface area contributed by atoms with Gasteiger partial charge in [0, 0.05) is 6.42 Å². The van der Waals surface area contributed by atoms with Crippen LogP contribution in [0.15, 0.2) is 22.7 Å². The van der Waals surface area contributed by atoms with E-state index >= 15 is 0 Å². The van der Waals surface area contributed by atoms with Gasteiger partial charge in [-0.1, -0.05) is 12.1 Å². The molecule has 0 aromatic heterocycles. The van der Waals surface area contributed by atoms with Crippen molar-refractivity contribution < 1.29 is 9.50 Å². The smallest absolute Gasteiger partial charge is 0.137 e. The predicted octanol–water partition coefficient (Wildman–Crippen LogP) is 2.66. The Morgan fingerprint density at radius 3 is 2.77 bits per heavy atom. The van der Waals surface area contributed by atoms with Crippen LogP contribution in [0.3, 0.4) is 0 Å². The van der Waals surface area contributed by atoms with E-state index in [-0.39, 0.29) is 5.82 Å². The van der Waals surface area contributed by atoms with Gasteiger partial charge in [0.05, 0.1) is 10.1 Å². The van der Waals surface area contributed by atoms with Crippen LogP contribution < -0.4 is 0 Å². The molecule has 1 aromatic carbocycles. The molecule has 2 rings (SSSR count). The van der Waals surface area contributed by atoms with Gasteiger partial charge in [0.1, 0.15) is 5.82 Å². The molecule has 0 atom stereocenters. The van der Waals surface area contributed by atoms with Crippen LogP contribution >= 0.6 is 15.9 Å². The van der Waals surface area contributed by atoms with Gasteiger partial charge in [-0.05, 0) is 40.4 Å². The molecule has 0 aliphatic heterocycles. The highest BCUT2D eigenvalue weighted by atomic mass is 79.9. The maximum atomic E-state index is 13.0. The zero-order valence-corrected chi connectivity index (χ0v) is 8.64. The van der Waals surface area contributed by atoms with Gasteiger partial charge >= 0.3 is 0 Å². The quantitative estimate of drug-likeness (QED) is 0.849. The van der Waals surface area contributed by atoms with Crippen molar-refractivity contribution in [2.75, 3.05) is 0 Å². The second-order valence-electron chi connectivity index (χ2n) is 3.61. The number of hydrogen-bond donors (Lipinski definition) is 1. The Hall–Kier alpha value is -0.410. The maximum Gasteiger partial charge on any atom is 0.137 e. The molecule has 1 aliphatic carbocycles. The Morgan fingerprint density at radius 2 is 2.15 bits per heavy atom. The van der Waals surface area contributed by atoms with Crippen LogP contribution in [0.4, 0.5) is 4.39 Å². The van der Waals surface area contributed by atoms with Crippen LogP contribution in [0.5, 0.6) is 0 Å². The predicted molar refractivity (Wildman–Crippen MR) is 52.0 cm³/mol. The molecule has 13 heavy (non-hydrogen) atoms. The van der Waals surface area contributed by atoms with Gasteiger partial charge in [0.15, 0.2) is 0 Å². The minimum absolute atomic E-state index is 0.262. The van der Waals surface area contributed by atoms with Gasteiger partial charge in [-0.2, -0.15) is 0 Å². The normalized spacial score (nSPS) is 18.7. The van der Waals surface area contributed by atoms with E-state index in [9.17, 15) is 9.50 Å². The molecule has 3 heteroatoms. The summed E-state index contributed by atoms with van der Waals surface area (Å²) < 4.78 is 13.5. The molecule has 1 nitrogen and oxygen atoms in total. The summed E-state index contributed by atoms with van der Waals surface area (Å²) in [6.45, 7) is 0. The summed E-state index contributed by atoms with van der Waals surface area (Å²) in [6.07, 6.45) is 2.21. The third-order valence-electron chi connectivity index (χ3n) is 2.38. The molecule has 70 valence electrons. The molecule has 0 spiro atoms. The molecule has 1 N–H and O–H groups in total. The molecular weight excluding hydrogens is 235 g/mol. The van der Waals surface area contributed by atoms with Gasteiger partial charge in [-0.15, -0.1) is 0 Å². The fourth-order valence-electron chi connectivity index (χ4n) is 1.36. The van der Waals surface area contributed by atoms with Crippen LogP contribution in [0.2, 0.25) is 0 Å². The zero-order chi connectivity index (χ0) is 9.47. The first-order valence-corrected chi connectivity index (χ1v) is 5.05. The largest absolute Gasteiger partial charge is 0.390 e. The lowest BCUT2D eigenvalue weighted by Crippen LogP contribution is -2.11. The first kappa shape index (κ1) is 9.16. The zero-order valence-electron chi connectivity index (χ0n) is 7.06. The van der Waals surface area contributed by atoms with E-state index in [0.717, 1.165) is 18.4 Å². The van der Waals surface area contributed by atoms with E-state index < -0.39 is 5.60 Å². The second kappa shape index (κ2) is 3.07. The Labute approximate surface area is 84.7 Å². The fraction of sp³-hybridized carbons (Fsp3) is 0.400. The standard InChI is InChI=1S/C10H10BrFO/c11-9-7(2-1-3-8(9)12)6-10(13)4-5-10/h1-3,13H,4-6H2. The van der Waals surface area contributed by atoms with Gasteiger partial charge in [0.25, 0.3) is 0 Å². The van der Waals surface area contributed by atoms with Crippen LogP contribution in [0, 0.1) is 5.82 Å². The average molecular weight is 245 g/mol. The van der Waals surface area contributed by atoms with Crippen molar-refractivity contribution in [1.29, 1.82) is 0 Å². The van der Waals surface area contributed by atoms with Crippen LogP contribution in [-0.4, -0.2) is 10.7 Å². The Balaban J connectivity index is 2.25. The van der Waals surface area contributed by atoms with Crippen LogP contribution in [0.25, 0.3) is 0 Å². The topological polar surface area (TPSA) is 20.2 Å². The summed E-state index contributed by atoms with van der Waals surface area (Å²) in [5, 5.41) is 9.65. The molecule has 1 aliphatic rings. The van der Waals surface area contributed by atoms with E-state index in [2.05, 4.69) is 15.9 Å². The molecule has 0 amide bonds. The summed E-state index contributed by atoms with van der Waals surface area (Å²) in [4.78, 5) is 0. The summed E-state index contributed by atoms with van der Waals surface area (Å²) >= 11 is 3.17. The average Bonchev–Trinajstić information content (AvgIpc) is 2.78. The Kier molecular flexibility index (Phi) is 2.16. The second-order valence-corrected chi connectivity index (χ2v) is 4.41. The minimum atomic E-state index is -0.559. The van der Waals surface area contributed by atoms with E-state index in [1.807, 2.05) is 6.07 Å². The molecular formula is C10H10BrFO. The Morgan fingerprint density at radius 1 is 1.46 bits per heavy atom. The highest BCUT2D eigenvalue weighted by molar-refractivity contribution is 9.10. The lowest BCUT2D eigenvalue weighted by Gasteiger charge is -2.09. The van der Waals surface area contributed by atoms with Crippen molar-refractivity contribution in [3.05, 3.63) is 34.1 Å². The lowest BCUT2D eigenvalue weighted by molar-refractivity contribution is 0.150. The third-order valence-corrected chi connectivity index (χ3v) is 3.27. The lowest BCUT2D eigenvalue weighted by atomic mass is 10.1. The Bertz CT molecular complexity index is 334. The van der Waals surface area contributed by atoms with E-state index in [1.165, 1.54) is 6.07 Å². The number of hydrogen-bond acceptors (Lipinski definition) is 1. The van der Waals surface area contributed by atoms with Gasteiger partial charge < -0.3 is 5.11 Å². The van der Waals surface area contributed by atoms with Gasteiger partial charge in [-0.25, -0.2) is 4.39 Å². The number of halogens is 2. The van der Waals surface area contributed by atoms with Crippen molar-refractivity contribution in [3.63, 3.8) is 0 Å². The van der Waals surface area contributed by atoms with Crippen LogP contribution in [-0.2, 0) is 6.42 Å². The van der Waals surface area contributed by atoms with Crippen molar-refractivity contribution in [2.24, 2.45) is 0 Å². The first-order chi connectivity index (χ1) is 6.11. The monoisotopic (exact) mass is 244 g/mol. The van der Waals surface area contributed by atoms with Crippen molar-refractivity contribution in [1.82, 2.24) is 0 Å². The summed E-state index contributed by atoms with van der Waals surface area (Å²) in [5.74, 6) is -0.262. The molecule has 1 aromatic rings. The molecule has 0 saturated heterocycles. The van der Waals surface area contributed by atoms with Gasteiger partial charge in [-0.3, -0.25) is 0 Å². The van der Waals surface area contributed by atoms with Crippen molar-refractivity contribution in [2.45, 2.75) is 24.9 Å². The molecule has 0 unspecified atom stereocenters. The fourth-order valence-corrected chi connectivity index (χ4v) is 1.77. The molecule has 1 fully saturated rings. The molecule has 0 bridgehead atoms. The summed E-state index contributed by atoms with van der Waals surface area (Å²) in [6, 6.07) is 4.91. The highest BCUT2D eigenvalue weighted by Crippen LogP contribution is 2.39. The van der Waals surface area contributed by atoms with E-state index in [4.69, 9.17) is 0 Å². The third kappa shape index (κ3) is 1.92. The summed E-state index contributed by atoms with van der Waals surface area (Å²) in [5.41, 5.74) is 0.288. The first-order valence-electron chi connectivity index (χ1n) is 4.26. The van der Waals surface area contributed by atoms with E-state index in [1.54, 1.807) is 6.07 Å². The molecule has 1 saturated carbocycles. The highest BCUT2D eigenvalue weighted by Gasteiger charge is 2.40. The minimum Gasteiger partial charge on any atom is -0.390 e. The SMILES string of the molecule is OC1(Cc2cccc(F)c2Br)CC1. The number of benzene rings is 1. The van der Waals surface area contributed by atoms with Gasteiger partial charge in [0.2, 0.25) is 0 Å². The van der Waals surface area contributed by atoms with Crippen molar-refractivity contribution in [3.8, 4) is 0 Å². The summed E-state index contributed by atoms with van der Waals surface area (Å²) in [7, 11) is 0. The maximum absolute atomic E-state index is 13.0. The molecule has 0 heterocycles. The number of aliphatic hydroxyl groups is 1. The van der Waals surface area contributed by atoms with Crippen LogP contribution in [0.1, 0.15) is 18.4 Å². The van der Waals surface area contributed by atoms with E-state index in [0.29, 0.717) is 10.9 Å². The van der Waals surface area contributed by atoms with Crippen molar-refractivity contribution >= 4 is 15.9 Å². The number of rotatable bonds is 2. The molecule has 0 radical (unpaired) electrons.